The molecular weight excluding hydrogens is 278 g/mol. The average molecular weight is 295 g/mol. The molecule has 0 saturated carbocycles. The van der Waals surface area contributed by atoms with Gasteiger partial charge in [0.05, 0.1) is 5.69 Å². The lowest BCUT2D eigenvalue weighted by atomic mass is 10.1. The van der Waals surface area contributed by atoms with Crippen LogP contribution in [-0.2, 0) is 10.0 Å². The van der Waals surface area contributed by atoms with Crippen molar-refractivity contribution in [1.82, 2.24) is 4.31 Å². The molecule has 6 nitrogen and oxygen atoms in total. The summed E-state index contributed by atoms with van der Waals surface area (Å²) in [5.41, 5.74) is 12.3. The predicted octanol–water partition coefficient (Wildman–Crippen LogP) is 0.708. The molecule has 1 amide bonds. The summed E-state index contributed by atoms with van der Waals surface area (Å²) in [5, 5.41) is 0. The highest BCUT2D eigenvalue weighted by molar-refractivity contribution is 7.89. The molecule has 0 radical (unpaired) electrons. The maximum Gasteiger partial charge on any atom is 0.248 e. The summed E-state index contributed by atoms with van der Waals surface area (Å²) in [4.78, 5) is 11.1. The van der Waals surface area contributed by atoms with Crippen molar-refractivity contribution in [3.63, 3.8) is 0 Å². The highest BCUT2D eigenvalue weighted by Gasteiger charge is 2.27. The molecule has 0 bridgehead atoms. The summed E-state index contributed by atoms with van der Waals surface area (Å²) in [5.74, 6) is -0.642. The number of amides is 1. The van der Waals surface area contributed by atoms with E-state index in [-0.39, 0.29) is 16.1 Å². The van der Waals surface area contributed by atoms with Gasteiger partial charge in [-0.25, -0.2) is 8.42 Å². The van der Waals surface area contributed by atoms with E-state index in [0.29, 0.717) is 19.5 Å². The second-order valence-electron chi connectivity index (χ2n) is 4.78. The van der Waals surface area contributed by atoms with Gasteiger partial charge < -0.3 is 11.5 Å². The number of carbonyl (C=O) groups excluding carboxylic acids is 1. The van der Waals surface area contributed by atoms with Gasteiger partial charge in [0.2, 0.25) is 15.9 Å². The lowest BCUT2D eigenvalue weighted by molar-refractivity contribution is 0.1000. The van der Waals surface area contributed by atoms with E-state index in [9.17, 15) is 13.2 Å². The zero-order valence-electron chi connectivity index (χ0n) is 11.2. The van der Waals surface area contributed by atoms with E-state index in [4.69, 9.17) is 11.5 Å². The Kier molecular flexibility index (Phi) is 3.82. The zero-order chi connectivity index (χ0) is 14.9. The highest BCUT2D eigenvalue weighted by atomic mass is 32.2. The molecule has 1 aliphatic rings. The monoisotopic (exact) mass is 295 g/mol. The van der Waals surface area contributed by atoms with Gasteiger partial charge in [-0.3, -0.25) is 4.79 Å². The number of nitrogens with zero attached hydrogens (tertiary/aromatic N) is 1. The second-order valence-corrected chi connectivity index (χ2v) is 6.69. The molecule has 108 valence electrons. The molecule has 4 N–H and O–H groups in total. The first-order valence-electron chi connectivity index (χ1n) is 6.17. The number of primary amides is 1. The molecule has 1 aliphatic heterocycles. The van der Waals surface area contributed by atoms with Crippen LogP contribution >= 0.6 is 0 Å². The van der Waals surface area contributed by atoms with Gasteiger partial charge in [0.15, 0.2) is 0 Å². The Morgan fingerprint density at radius 2 is 2.05 bits per heavy atom. The van der Waals surface area contributed by atoms with Crippen molar-refractivity contribution in [3.05, 3.63) is 35.4 Å². The largest absolute Gasteiger partial charge is 0.398 e. The van der Waals surface area contributed by atoms with Crippen LogP contribution < -0.4 is 11.5 Å². The Morgan fingerprint density at radius 3 is 2.55 bits per heavy atom. The molecule has 0 fully saturated rings. The minimum absolute atomic E-state index is 0.00968. The van der Waals surface area contributed by atoms with Gasteiger partial charge in [-0.15, -0.1) is 0 Å². The van der Waals surface area contributed by atoms with Gasteiger partial charge in [-0.05, 0) is 31.5 Å². The fourth-order valence-electron chi connectivity index (χ4n) is 2.05. The Morgan fingerprint density at radius 1 is 1.35 bits per heavy atom. The number of benzene rings is 1. The lowest BCUT2D eigenvalue weighted by Crippen LogP contribution is -2.35. The number of rotatable bonds is 3. The molecule has 0 saturated heterocycles. The number of hydrogen-bond acceptors (Lipinski definition) is 4. The maximum atomic E-state index is 12.5. The van der Waals surface area contributed by atoms with E-state index in [1.54, 1.807) is 0 Å². The first-order valence-corrected chi connectivity index (χ1v) is 7.61. The molecule has 1 heterocycles. The molecule has 0 aromatic heterocycles. The number of nitrogens with two attached hydrogens (primary N) is 2. The Balaban J connectivity index is 2.38. The molecule has 20 heavy (non-hydrogen) atoms. The molecule has 7 heteroatoms. The summed E-state index contributed by atoms with van der Waals surface area (Å²) in [6.07, 6.45) is 2.59. The van der Waals surface area contributed by atoms with Crippen molar-refractivity contribution in [3.8, 4) is 0 Å². The molecule has 1 aromatic carbocycles. The van der Waals surface area contributed by atoms with E-state index < -0.39 is 15.9 Å². The van der Waals surface area contributed by atoms with Gasteiger partial charge >= 0.3 is 0 Å². The van der Waals surface area contributed by atoms with Crippen molar-refractivity contribution >= 4 is 21.6 Å². The molecule has 0 aliphatic carbocycles. The number of carbonyl (C=O) groups is 1. The number of hydrogen-bond donors (Lipinski definition) is 2. The number of anilines is 1. The van der Waals surface area contributed by atoms with E-state index in [0.717, 1.165) is 0 Å². The lowest BCUT2D eigenvalue weighted by Gasteiger charge is -2.25. The standard InChI is InChI=1S/C13H17N3O3S/c1-9-4-6-16(7-5-9)20(18,19)12-3-2-10(13(15)17)8-11(12)14/h2-4,8H,5-7,14H2,1H3,(H2,15,17). The minimum Gasteiger partial charge on any atom is -0.398 e. The fourth-order valence-corrected chi connectivity index (χ4v) is 3.52. The van der Waals surface area contributed by atoms with Crippen molar-refractivity contribution < 1.29 is 13.2 Å². The number of nitrogen functional groups attached to an aromatic ring is 1. The van der Waals surface area contributed by atoms with Crippen LogP contribution in [0.15, 0.2) is 34.7 Å². The third-order valence-electron chi connectivity index (χ3n) is 3.31. The summed E-state index contributed by atoms with van der Waals surface area (Å²) in [6, 6.07) is 3.99. The van der Waals surface area contributed by atoms with Gasteiger partial charge in [0, 0.05) is 18.7 Å². The van der Waals surface area contributed by atoms with Crippen LogP contribution in [0.3, 0.4) is 0 Å². The normalized spacial score (nSPS) is 16.8. The predicted molar refractivity (Wildman–Crippen MR) is 76.5 cm³/mol. The fraction of sp³-hybridized carbons (Fsp3) is 0.308. The van der Waals surface area contributed by atoms with Crippen molar-refractivity contribution in [1.29, 1.82) is 0 Å². The van der Waals surface area contributed by atoms with E-state index in [2.05, 4.69) is 0 Å². The van der Waals surface area contributed by atoms with Gasteiger partial charge in [-0.2, -0.15) is 4.31 Å². The third kappa shape index (κ3) is 2.68. The van der Waals surface area contributed by atoms with Crippen LogP contribution in [0.2, 0.25) is 0 Å². The Bertz CT molecular complexity index is 680. The van der Waals surface area contributed by atoms with Gasteiger partial charge in [0.25, 0.3) is 0 Å². The van der Waals surface area contributed by atoms with Crippen molar-refractivity contribution in [2.75, 3.05) is 18.8 Å². The summed E-state index contributed by atoms with van der Waals surface area (Å²) >= 11 is 0. The molecular formula is C13H17N3O3S. The molecule has 1 aromatic rings. The molecule has 0 unspecified atom stereocenters. The summed E-state index contributed by atoms with van der Waals surface area (Å²) in [6.45, 7) is 2.74. The van der Waals surface area contributed by atoms with Crippen LogP contribution in [0.5, 0.6) is 0 Å². The van der Waals surface area contributed by atoms with Crippen LogP contribution in [0.1, 0.15) is 23.7 Å². The SMILES string of the molecule is CC1=CCN(S(=O)(=O)c2ccc(C(N)=O)cc2N)CC1. The number of sulfonamides is 1. The average Bonchev–Trinajstić information content (AvgIpc) is 2.38. The molecule has 0 atom stereocenters. The first kappa shape index (κ1) is 14.5. The first-order chi connectivity index (χ1) is 9.32. The molecule has 2 rings (SSSR count). The molecule has 0 spiro atoms. The van der Waals surface area contributed by atoms with Gasteiger partial charge in [0.1, 0.15) is 4.90 Å². The van der Waals surface area contributed by atoms with Crippen molar-refractivity contribution in [2.45, 2.75) is 18.2 Å². The van der Waals surface area contributed by atoms with E-state index in [1.807, 2.05) is 13.0 Å². The summed E-state index contributed by atoms with van der Waals surface area (Å²) in [7, 11) is -3.65. The Hall–Kier alpha value is -1.86. The van der Waals surface area contributed by atoms with Crippen LogP contribution in [0.25, 0.3) is 0 Å². The van der Waals surface area contributed by atoms with Crippen LogP contribution in [-0.4, -0.2) is 31.7 Å². The Labute approximate surface area is 118 Å². The van der Waals surface area contributed by atoms with Crippen molar-refractivity contribution in [2.24, 2.45) is 5.73 Å². The van der Waals surface area contributed by atoms with Crippen LogP contribution in [0.4, 0.5) is 5.69 Å². The van der Waals surface area contributed by atoms with E-state index in [1.165, 1.54) is 28.1 Å². The minimum atomic E-state index is -3.65. The quantitative estimate of drug-likeness (QED) is 0.632. The maximum absolute atomic E-state index is 12.5. The van der Waals surface area contributed by atoms with Gasteiger partial charge in [-0.1, -0.05) is 11.6 Å². The smallest absolute Gasteiger partial charge is 0.248 e. The topological polar surface area (TPSA) is 106 Å². The van der Waals surface area contributed by atoms with Crippen LogP contribution in [0, 0.1) is 0 Å². The highest BCUT2D eigenvalue weighted by Crippen LogP contribution is 2.25. The summed E-state index contributed by atoms with van der Waals surface area (Å²) < 4.78 is 26.4. The van der Waals surface area contributed by atoms with E-state index >= 15 is 0 Å². The third-order valence-corrected chi connectivity index (χ3v) is 5.25. The zero-order valence-corrected chi connectivity index (χ0v) is 12.0. The second kappa shape index (κ2) is 5.26.